The van der Waals surface area contributed by atoms with Gasteiger partial charge in [0, 0.05) is 16.3 Å². The van der Waals surface area contributed by atoms with Crippen LogP contribution in [0.5, 0.6) is 0 Å². The summed E-state index contributed by atoms with van der Waals surface area (Å²) in [4.78, 5) is 16.2. The van der Waals surface area contributed by atoms with Crippen LogP contribution in [-0.4, -0.2) is 42.9 Å². The molecular formula is C20H20ClFN2O3S. The van der Waals surface area contributed by atoms with E-state index in [-0.39, 0.29) is 34.7 Å². The molecule has 148 valence electrons. The third-order valence-corrected chi connectivity index (χ3v) is 7.54. The number of nitrogens with zero attached hydrogens (tertiary/aromatic N) is 2. The Hall–Kier alpha value is -2.12. The third-order valence-electron chi connectivity index (χ3n) is 5.49. The second-order valence-corrected chi connectivity index (χ2v) is 9.77. The Bertz CT molecular complexity index is 1010. The molecule has 2 aliphatic heterocycles. The summed E-state index contributed by atoms with van der Waals surface area (Å²) in [6.45, 7) is 1.97. The van der Waals surface area contributed by atoms with Crippen LogP contribution < -0.4 is 4.90 Å². The first kappa shape index (κ1) is 19.2. The maximum Gasteiger partial charge on any atom is 0.325 e. The van der Waals surface area contributed by atoms with Crippen molar-refractivity contribution in [1.29, 1.82) is 0 Å². The van der Waals surface area contributed by atoms with Crippen LogP contribution in [0.2, 0.25) is 5.02 Å². The standard InChI is InChI=1S/C20H20ClFN2O3S/c1-2-13-6-8-14(9-7-13)24-19-12-28(26,27)11-18(19)23(20(24)25)10-15-16(21)4-3-5-17(15)22/h3-9,18-19H,2,10-12H2,1H3/t18-,19-/m1/s1. The van der Waals surface area contributed by atoms with Gasteiger partial charge in [0.1, 0.15) is 5.82 Å². The summed E-state index contributed by atoms with van der Waals surface area (Å²) in [5.41, 5.74) is 1.97. The van der Waals surface area contributed by atoms with Crippen molar-refractivity contribution in [3.05, 3.63) is 64.4 Å². The fraction of sp³-hybridized carbons (Fsp3) is 0.350. The molecule has 0 spiro atoms. The van der Waals surface area contributed by atoms with Gasteiger partial charge in [-0.25, -0.2) is 17.6 Å². The number of hydrogen-bond acceptors (Lipinski definition) is 3. The Labute approximate surface area is 168 Å². The molecule has 8 heteroatoms. The highest BCUT2D eigenvalue weighted by atomic mass is 35.5. The highest BCUT2D eigenvalue weighted by molar-refractivity contribution is 7.91. The summed E-state index contributed by atoms with van der Waals surface area (Å²) in [7, 11) is -3.29. The van der Waals surface area contributed by atoms with E-state index in [0.29, 0.717) is 5.69 Å². The number of carbonyl (C=O) groups is 1. The minimum atomic E-state index is -3.29. The largest absolute Gasteiger partial charge is 0.325 e. The number of amides is 2. The van der Waals surface area contributed by atoms with E-state index in [4.69, 9.17) is 11.6 Å². The highest BCUT2D eigenvalue weighted by Gasteiger charge is 2.54. The maximum absolute atomic E-state index is 14.3. The second-order valence-electron chi connectivity index (χ2n) is 7.21. The van der Waals surface area contributed by atoms with Crippen LogP contribution in [0.25, 0.3) is 0 Å². The molecule has 0 unspecified atom stereocenters. The van der Waals surface area contributed by atoms with Gasteiger partial charge < -0.3 is 4.90 Å². The van der Waals surface area contributed by atoms with Crippen LogP contribution in [-0.2, 0) is 22.8 Å². The Morgan fingerprint density at radius 2 is 1.79 bits per heavy atom. The Morgan fingerprint density at radius 1 is 1.11 bits per heavy atom. The van der Waals surface area contributed by atoms with E-state index in [1.807, 2.05) is 31.2 Å². The first-order chi connectivity index (χ1) is 13.3. The molecule has 2 saturated heterocycles. The molecule has 5 nitrogen and oxygen atoms in total. The molecule has 4 rings (SSSR count). The first-order valence-corrected chi connectivity index (χ1v) is 11.3. The van der Waals surface area contributed by atoms with E-state index in [9.17, 15) is 17.6 Å². The number of urea groups is 1. The molecule has 2 aromatic rings. The lowest BCUT2D eigenvalue weighted by Crippen LogP contribution is -2.37. The molecule has 0 bridgehead atoms. The van der Waals surface area contributed by atoms with Crippen LogP contribution in [0.15, 0.2) is 42.5 Å². The normalized spacial score (nSPS) is 23.3. The molecule has 0 aromatic heterocycles. The van der Waals surface area contributed by atoms with E-state index < -0.39 is 27.7 Å². The number of aryl methyl sites for hydroxylation is 1. The van der Waals surface area contributed by atoms with Gasteiger partial charge in [0.05, 0.1) is 30.1 Å². The molecule has 28 heavy (non-hydrogen) atoms. The summed E-state index contributed by atoms with van der Waals surface area (Å²) >= 11 is 6.13. The zero-order valence-electron chi connectivity index (χ0n) is 15.3. The van der Waals surface area contributed by atoms with Crippen molar-refractivity contribution in [2.24, 2.45) is 0 Å². The van der Waals surface area contributed by atoms with Crippen molar-refractivity contribution in [2.45, 2.75) is 32.0 Å². The molecule has 2 heterocycles. The molecule has 2 atom stereocenters. The predicted molar refractivity (Wildman–Crippen MR) is 107 cm³/mol. The highest BCUT2D eigenvalue weighted by Crippen LogP contribution is 2.37. The van der Waals surface area contributed by atoms with Crippen LogP contribution >= 0.6 is 11.6 Å². The number of hydrogen-bond donors (Lipinski definition) is 0. The number of fused-ring (bicyclic) bond motifs is 1. The summed E-state index contributed by atoms with van der Waals surface area (Å²) in [5, 5.41) is 0.218. The van der Waals surface area contributed by atoms with Crippen molar-refractivity contribution in [3.8, 4) is 0 Å². The smallest absolute Gasteiger partial charge is 0.314 e. The molecule has 0 aliphatic carbocycles. The topological polar surface area (TPSA) is 57.7 Å². The number of halogens is 2. The van der Waals surface area contributed by atoms with Gasteiger partial charge in [-0.3, -0.25) is 4.90 Å². The molecule has 0 saturated carbocycles. The minimum absolute atomic E-state index is 0.0649. The Kier molecular flexibility index (Phi) is 4.83. The quantitative estimate of drug-likeness (QED) is 0.707. The van der Waals surface area contributed by atoms with E-state index >= 15 is 0 Å². The molecule has 0 radical (unpaired) electrons. The molecule has 2 aliphatic rings. The third kappa shape index (κ3) is 3.26. The van der Waals surface area contributed by atoms with Gasteiger partial charge in [-0.15, -0.1) is 0 Å². The average Bonchev–Trinajstić information content (AvgIpc) is 3.08. The monoisotopic (exact) mass is 422 g/mol. The van der Waals surface area contributed by atoms with Gasteiger partial charge in [-0.1, -0.05) is 36.7 Å². The van der Waals surface area contributed by atoms with Crippen molar-refractivity contribution >= 4 is 33.2 Å². The van der Waals surface area contributed by atoms with Crippen LogP contribution in [0.4, 0.5) is 14.9 Å². The minimum Gasteiger partial charge on any atom is -0.314 e. The fourth-order valence-corrected chi connectivity index (χ4v) is 6.18. The molecule has 2 fully saturated rings. The summed E-state index contributed by atoms with van der Waals surface area (Å²) in [6, 6.07) is 10.5. The van der Waals surface area contributed by atoms with Crippen LogP contribution in [0.1, 0.15) is 18.1 Å². The molecular weight excluding hydrogens is 403 g/mol. The number of carbonyl (C=O) groups excluding carboxylic acids is 1. The number of anilines is 1. The zero-order chi connectivity index (χ0) is 20.1. The van der Waals surface area contributed by atoms with Crippen molar-refractivity contribution < 1.29 is 17.6 Å². The van der Waals surface area contributed by atoms with E-state index in [0.717, 1.165) is 12.0 Å². The maximum atomic E-state index is 14.3. The van der Waals surface area contributed by atoms with Gasteiger partial charge in [0.2, 0.25) is 0 Å². The van der Waals surface area contributed by atoms with E-state index in [1.54, 1.807) is 6.07 Å². The van der Waals surface area contributed by atoms with Gasteiger partial charge >= 0.3 is 6.03 Å². The van der Waals surface area contributed by atoms with Crippen molar-refractivity contribution in [1.82, 2.24) is 4.90 Å². The van der Waals surface area contributed by atoms with E-state index in [2.05, 4.69) is 0 Å². The second kappa shape index (κ2) is 7.04. The lowest BCUT2D eigenvalue weighted by Gasteiger charge is -2.23. The van der Waals surface area contributed by atoms with Gasteiger partial charge in [0.15, 0.2) is 9.84 Å². The summed E-state index contributed by atoms with van der Waals surface area (Å²) in [6.07, 6.45) is 0.868. The van der Waals surface area contributed by atoms with Crippen molar-refractivity contribution in [3.63, 3.8) is 0 Å². The summed E-state index contributed by atoms with van der Waals surface area (Å²) < 4.78 is 38.9. The molecule has 2 amide bonds. The Balaban J connectivity index is 1.72. The Morgan fingerprint density at radius 3 is 2.43 bits per heavy atom. The SMILES string of the molecule is CCc1ccc(N2C(=O)N(Cc3c(F)cccc3Cl)[C@@H]3CS(=O)(=O)C[C@H]32)cc1. The van der Waals surface area contributed by atoms with Crippen LogP contribution in [0.3, 0.4) is 0 Å². The lowest BCUT2D eigenvalue weighted by atomic mass is 10.1. The fourth-order valence-electron chi connectivity index (χ4n) is 4.01. The number of rotatable bonds is 4. The zero-order valence-corrected chi connectivity index (χ0v) is 16.9. The number of sulfone groups is 1. The summed E-state index contributed by atoms with van der Waals surface area (Å²) in [5.74, 6) is -0.733. The predicted octanol–water partition coefficient (Wildman–Crippen LogP) is 3.65. The van der Waals surface area contributed by atoms with Gasteiger partial charge in [-0.05, 0) is 36.2 Å². The first-order valence-electron chi connectivity index (χ1n) is 9.13. The van der Waals surface area contributed by atoms with Gasteiger partial charge in [0.25, 0.3) is 0 Å². The van der Waals surface area contributed by atoms with Crippen molar-refractivity contribution in [2.75, 3.05) is 16.4 Å². The lowest BCUT2D eigenvalue weighted by molar-refractivity contribution is 0.205. The molecule has 2 aromatic carbocycles. The number of benzene rings is 2. The van der Waals surface area contributed by atoms with E-state index in [1.165, 1.54) is 21.9 Å². The average molecular weight is 423 g/mol. The van der Waals surface area contributed by atoms with Gasteiger partial charge in [-0.2, -0.15) is 0 Å². The molecule has 0 N–H and O–H groups in total. The van der Waals surface area contributed by atoms with Crippen LogP contribution in [0, 0.1) is 5.82 Å².